The number of hydrogen-bond acceptors (Lipinski definition) is 19. The van der Waals surface area contributed by atoms with E-state index in [4.69, 9.17) is 11.5 Å². The predicted octanol–water partition coefficient (Wildman–Crippen LogP) is -3.24. The molecule has 107 heavy (non-hydrogen) atoms. The molecule has 6 heterocycles. The van der Waals surface area contributed by atoms with Crippen molar-refractivity contribution >= 4 is 70.9 Å². The number of primary amides is 1. The highest BCUT2D eigenvalue weighted by Crippen LogP contribution is 2.30. The van der Waals surface area contributed by atoms with Crippen molar-refractivity contribution in [3.05, 3.63) is 71.8 Å². The maximum absolute atomic E-state index is 14.4. The van der Waals surface area contributed by atoms with Gasteiger partial charge in [-0.3, -0.25) is 57.5 Å². The minimum atomic E-state index is -0.850. The normalized spacial score (nSPS) is 29.3. The van der Waals surface area contributed by atoms with Crippen molar-refractivity contribution in [2.75, 3.05) is 52.4 Å². The largest absolute Gasteiger partial charge is 0.368 e. The third kappa shape index (κ3) is 23.4. The van der Waals surface area contributed by atoms with Crippen LogP contribution >= 0.6 is 0 Å². The monoisotopic (exact) mass is 1490 g/mol. The average Bonchev–Trinajstić information content (AvgIpc) is 1.72. The van der Waals surface area contributed by atoms with Gasteiger partial charge in [0.1, 0.15) is 24.2 Å². The maximum atomic E-state index is 14.4. The Labute approximate surface area is 627 Å². The molecule has 31 nitrogen and oxygen atoms in total. The third-order valence-electron chi connectivity index (χ3n) is 22.5. The fourth-order valence-corrected chi connectivity index (χ4v) is 17.2. The van der Waals surface area contributed by atoms with Crippen molar-refractivity contribution in [2.24, 2.45) is 47.0 Å². The number of carbonyl (C=O) groups excluding carboxylic acids is 12. The van der Waals surface area contributed by atoms with Crippen LogP contribution < -0.4 is 102 Å². The summed E-state index contributed by atoms with van der Waals surface area (Å²) < 4.78 is 0. The zero-order valence-electron chi connectivity index (χ0n) is 62.4. The highest BCUT2D eigenvalue weighted by atomic mass is 16.2. The van der Waals surface area contributed by atoms with Crippen molar-refractivity contribution in [2.45, 2.75) is 240 Å². The van der Waals surface area contributed by atoms with Gasteiger partial charge in [0, 0.05) is 88.1 Å². The molecule has 0 bridgehead atoms. The zero-order chi connectivity index (χ0) is 76.3. The Hall–Kier alpha value is -8.20. The van der Waals surface area contributed by atoms with Crippen LogP contribution in [0.1, 0.15) is 142 Å². The summed E-state index contributed by atoms with van der Waals surface area (Å²) >= 11 is 0. The number of hydrogen-bond donors (Lipinski definition) is 19. The van der Waals surface area contributed by atoms with Crippen LogP contribution in [0.2, 0.25) is 0 Å². The van der Waals surface area contributed by atoms with Gasteiger partial charge in [-0.1, -0.05) is 101 Å². The quantitative estimate of drug-likeness (QED) is 0.0322. The molecule has 21 N–H and O–H groups in total. The number of amides is 12. The lowest BCUT2D eigenvalue weighted by molar-refractivity contribution is -0.131. The van der Waals surface area contributed by atoms with E-state index in [1.54, 1.807) is 0 Å². The second kappa shape index (κ2) is 39.3. The zero-order valence-corrected chi connectivity index (χ0v) is 62.4. The summed E-state index contributed by atoms with van der Waals surface area (Å²) in [5.74, 6) is -6.10. The fourth-order valence-electron chi connectivity index (χ4n) is 17.2. The minimum Gasteiger partial charge on any atom is -0.368 e. The Morgan fingerprint density at radius 1 is 0.364 bits per heavy atom. The molecular weight excluding hydrogens is 1370 g/mol. The molecule has 6 saturated heterocycles. The lowest BCUT2D eigenvalue weighted by Crippen LogP contribution is -2.59. The molecule has 20 atom stereocenters. The van der Waals surface area contributed by atoms with E-state index in [1.807, 2.05) is 88.4 Å². The van der Waals surface area contributed by atoms with Crippen LogP contribution in [0.3, 0.4) is 0 Å². The van der Waals surface area contributed by atoms with Crippen LogP contribution in [0, 0.1) is 35.5 Å². The second-order valence-corrected chi connectivity index (χ2v) is 31.9. The number of rotatable bonds is 35. The summed E-state index contributed by atoms with van der Waals surface area (Å²) in [4.78, 5) is 166. The van der Waals surface area contributed by atoms with Crippen molar-refractivity contribution in [1.29, 1.82) is 0 Å². The van der Waals surface area contributed by atoms with Crippen molar-refractivity contribution in [1.82, 2.24) is 90.4 Å². The molecule has 0 unspecified atom stereocenters. The van der Waals surface area contributed by atoms with E-state index in [0.717, 1.165) is 36.8 Å². The molecular formula is C76H117N19O12. The van der Waals surface area contributed by atoms with E-state index in [9.17, 15) is 57.5 Å². The molecule has 12 amide bonds. The standard InChI is InChI=1S/C76H117N19O12/c1-41(2)29-45(33-61(96)89-56-22-26-82-66(56)75(106)94-55-21-25-81-65(55)69(78)100)85-72(103)51-37-79-39-59(51)91-63(98)34-46(30-42(3)4)88-74(105)68-58(24-28-84-68)95-76(107)67-57(23-27-83-67)90-62(97)35-48(32-44-15-9-6-10-16-44)87-73(104)52-38-80-40-60(52)92-64(99)36-47(31-43-13-7-5-8-14-43)86-71(102)50-18-12-20-54(50)93-70(101)49-17-11-19-53(49)77/h5-10,13-16,41-42,45-60,65-68,79-84H,11-12,17-40,77H2,1-4H3,(H2,78,100)(H,85,103)(H,86,102)(H,87,104)(H,88,105)(H,89,96)(H,90,97)(H,91,98)(H,92,99)(H,93,101)(H,94,106)(H,95,107)/t45-,46-,47-,48-,49-,50-,51-,52-,53-,54-,55+,56+,57-,58+,59-,60-,65+,66+,67-,68+/m1/s1. The van der Waals surface area contributed by atoms with Crippen molar-refractivity contribution in [3.8, 4) is 0 Å². The van der Waals surface area contributed by atoms with Gasteiger partial charge >= 0.3 is 0 Å². The van der Waals surface area contributed by atoms with Crippen LogP contribution in [-0.4, -0.2) is 220 Å². The van der Waals surface area contributed by atoms with Gasteiger partial charge in [-0.25, -0.2) is 0 Å². The molecule has 6 aliphatic heterocycles. The molecule has 588 valence electrons. The van der Waals surface area contributed by atoms with Crippen molar-refractivity contribution in [3.63, 3.8) is 0 Å². The molecule has 8 aliphatic rings. The molecule has 10 rings (SSSR count). The minimum absolute atomic E-state index is 0.0427. The Bertz CT molecular complexity index is 3410. The first-order chi connectivity index (χ1) is 51.4. The highest BCUT2D eigenvalue weighted by Gasteiger charge is 2.45. The van der Waals surface area contributed by atoms with Crippen LogP contribution in [-0.2, 0) is 70.4 Å². The number of nitrogens with two attached hydrogens (primary N) is 2. The van der Waals surface area contributed by atoms with Gasteiger partial charge in [-0.05, 0) is 126 Å². The number of carbonyl (C=O) groups is 12. The number of nitrogens with one attached hydrogen (secondary N) is 17. The Morgan fingerprint density at radius 3 is 1.15 bits per heavy atom. The Balaban J connectivity index is 0.687. The lowest BCUT2D eigenvalue weighted by atomic mass is 9.96. The van der Waals surface area contributed by atoms with Crippen LogP contribution in [0.5, 0.6) is 0 Å². The van der Waals surface area contributed by atoms with Gasteiger partial charge in [0.15, 0.2) is 0 Å². The number of benzene rings is 2. The predicted molar refractivity (Wildman–Crippen MR) is 399 cm³/mol. The summed E-state index contributed by atoms with van der Waals surface area (Å²) in [6.07, 6.45) is 7.65. The van der Waals surface area contributed by atoms with E-state index < -0.39 is 126 Å². The van der Waals surface area contributed by atoms with E-state index in [1.165, 1.54) is 0 Å². The van der Waals surface area contributed by atoms with Gasteiger partial charge in [0.25, 0.3) is 0 Å². The summed E-state index contributed by atoms with van der Waals surface area (Å²) in [6.45, 7) is 11.0. The summed E-state index contributed by atoms with van der Waals surface area (Å²) in [6, 6.07) is 9.49. The Morgan fingerprint density at radius 2 is 0.720 bits per heavy atom. The van der Waals surface area contributed by atoms with Gasteiger partial charge in [0.05, 0.1) is 59.9 Å². The van der Waals surface area contributed by atoms with Crippen LogP contribution in [0.15, 0.2) is 60.7 Å². The van der Waals surface area contributed by atoms with E-state index in [2.05, 4.69) is 90.4 Å². The molecule has 0 spiro atoms. The molecule has 0 radical (unpaired) electrons. The SMILES string of the molecule is CC(C)C[C@H](CC(=O)N[C@@H]1CNC[C@H]1C(=O)N[C@@H](CC(=O)N[C@H]1CCN[C@@H]1C(=O)N[C@H]1CCN[C@@H]1C(N)=O)CC(C)C)NC(=O)[C@H]1NCC[C@@H]1NC(=O)[C@@H]1NCC[C@H]1NC(=O)C[C@@H](Cc1ccccc1)NC(=O)[C@@H]1CNC[C@H]1NC(=O)C[C@@H](Cc1ccccc1)NC(=O)[C@@H]1CCC[C@H]1NC(=O)[C@@H]1CCC[C@H]1N. The molecule has 8 fully saturated rings. The molecule has 2 aromatic rings. The summed E-state index contributed by atoms with van der Waals surface area (Å²) in [5.41, 5.74) is 13.6. The van der Waals surface area contributed by atoms with Gasteiger partial charge in [-0.15, -0.1) is 0 Å². The summed E-state index contributed by atoms with van der Waals surface area (Å²) in [5, 5.41) is 52.9. The molecule has 0 aromatic heterocycles. The van der Waals surface area contributed by atoms with E-state index in [0.29, 0.717) is 103 Å². The topological polar surface area (TPSA) is 461 Å². The first kappa shape index (κ1) is 81.3. The fraction of sp³-hybridized carbons (Fsp3) is 0.684. The van der Waals surface area contributed by atoms with Gasteiger partial charge in [-0.2, -0.15) is 0 Å². The first-order valence-electron chi connectivity index (χ1n) is 39.2. The smallest absolute Gasteiger partial charge is 0.239 e. The molecule has 31 heteroatoms. The maximum Gasteiger partial charge on any atom is 0.239 e. The van der Waals surface area contributed by atoms with Crippen LogP contribution in [0.4, 0.5) is 0 Å². The average molecular weight is 1490 g/mol. The Kier molecular flexibility index (Phi) is 29.8. The van der Waals surface area contributed by atoms with Gasteiger partial charge in [0.2, 0.25) is 70.9 Å². The highest BCUT2D eigenvalue weighted by molar-refractivity contribution is 5.91. The lowest BCUT2D eigenvalue weighted by Gasteiger charge is -2.28. The van der Waals surface area contributed by atoms with Crippen LogP contribution in [0.25, 0.3) is 0 Å². The molecule has 2 saturated carbocycles. The van der Waals surface area contributed by atoms with E-state index >= 15 is 0 Å². The third-order valence-corrected chi connectivity index (χ3v) is 22.5. The van der Waals surface area contributed by atoms with E-state index in [-0.39, 0.29) is 116 Å². The second-order valence-electron chi connectivity index (χ2n) is 31.9. The van der Waals surface area contributed by atoms with Crippen molar-refractivity contribution < 1.29 is 57.5 Å². The van der Waals surface area contributed by atoms with Gasteiger partial charge < -0.3 is 102 Å². The molecule has 2 aliphatic carbocycles. The summed E-state index contributed by atoms with van der Waals surface area (Å²) in [7, 11) is 0. The molecule has 2 aromatic carbocycles. The first-order valence-corrected chi connectivity index (χ1v) is 39.2.